The molecule has 0 saturated heterocycles. The molecule has 0 atom stereocenters. The SMILES string of the molecule is CCc1nc(-c2ccc(O)c(F)c2)nc(Cl)c1Br. The van der Waals surface area contributed by atoms with Gasteiger partial charge in [0, 0.05) is 5.56 Å². The Balaban J connectivity index is 2.57. The molecule has 0 aliphatic heterocycles. The normalized spacial score (nSPS) is 10.7. The third-order valence-electron chi connectivity index (χ3n) is 2.42. The van der Waals surface area contributed by atoms with Crippen molar-refractivity contribution in [1.82, 2.24) is 9.97 Å². The molecule has 1 aromatic heterocycles. The number of rotatable bonds is 2. The molecule has 0 bridgehead atoms. The molecule has 0 saturated carbocycles. The van der Waals surface area contributed by atoms with E-state index in [1.807, 2.05) is 6.92 Å². The third kappa shape index (κ3) is 2.47. The predicted octanol–water partition coefficient (Wildman–Crippen LogP) is 3.97. The lowest BCUT2D eigenvalue weighted by molar-refractivity contribution is 0.432. The summed E-state index contributed by atoms with van der Waals surface area (Å²) in [5.41, 5.74) is 1.22. The van der Waals surface area contributed by atoms with Gasteiger partial charge in [0.2, 0.25) is 0 Å². The Labute approximate surface area is 117 Å². The van der Waals surface area contributed by atoms with Crippen LogP contribution in [0.4, 0.5) is 4.39 Å². The molecule has 3 nitrogen and oxygen atoms in total. The van der Waals surface area contributed by atoms with Crippen molar-refractivity contribution in [3.8, 4) is 17.1 Å². The smallest absolute Gasteiger partial charge is 0.165 e. The van der Waals surface area contributed by atoms with E-state index in [1.165, 1.54) is 18.2 Å². The summed E-state index contributed by atoms with van der Waals surface area (Å²) in [6.45, 7) is 1.94. The van der Waals surface area contributed by atoms with Crippen molar-refractivity contribution in [3.63, 3.8) is 0 Å². The van der Waals surface area contributed by atoms with Crippen LogP contribution < -0.4 is 0 Å². The van der Waals surface area contributed by atoms with Gasteiger partial charge in [-0.2, -0.15) is 0 Å². The van der Waals surface area contributed by atoms with Crippen molar-refractivity contribution in [1.29, 1.82) is 0 Å². The average Bonchev–Trinajstić information content (AvgIpc) is 2.36. The molecule has 1 heterocycles. The lowest BCUT2D eigenvalue weighted by atomic mass is 10.2. The van der Waals surface area contributed by atoms with Crippen molar-refractivity contribution in [2.75, 3.05) is 0 Å². The van der Waals surface area contributed by atoms with E-state index >= 15 is 0 Å². The number of aryl methyl sites for hydroxylation is 1. The Morgan fingerprint density at radius 1 is 1.39 bits per heavy atom. The molecule has 94 valence electrons. The molecule has 0 aliphatic carbocycles. The lowest BCUT2D eigenvalue weighted by Crippen LogP contribution is -1.97. The second-order valence-corrected chi connectivity index (χ2v) is 4.77. The largest absolute Gasteiger partial charge is 0.505 e. The van der Waals surface area contributed by atoms with Gasteiger partial charge in [-0.1, -0.05) is 18.5 Å². The van der Waals surface area contributed by atoms with Crippen LogP contribution in [0.2, 0.25) is 5.15 Å². The molecular formula is C12H9BrClFN2O. The van der Waals surface area contributed by atoms with E-state index in [0.717, 1.165) is 5.69 Å². The van der Waals surface area contributed by atoms with Gasteiger partial charge in [0.05, 0.1) is 10.2 Å². The first-order chi connectivity index (χ1) is 8.52. The Bertz CT molecular complexity index is 607. The van der Waals surface area contributed by atoms with Gasteiger partial charge in [0.25, 0.3) is 0 Å². The van der Waals surface area contributed by atoms with Crippen molar-refractivity contribution >= 4 is 27.5 Å². The van der Waals surface area contributed by atoms with Crippen LogP contribution in [0, 0.1) is 5.82 Å². The molecule has 0 spiro atoms. The summed E-state index contributed by atoms with van der Waals surface area (Å²) >= 11 is 9.28. The summed E-state index contributed by atoms with van der Waals surface area (Å²) in [5, 5.41) is 9.42. The van der Waals surface area contributed by atoms with Crippen LogP contribution in [0.3, 0.4) is 0 Å². The van der Waals surface area contributed by atoms with Crippen LogP contribution in [0.1, 0.15) is 12.6 Å². The van der Waals surface area contributed by atoms with Crippen LogP contribution >= 0.6 is 27.5 Å². The van der Waals surface area contributed by atoms with Crippen LogP contribution in [0.5, 0.6) is 5.75 Å². The minimum atomic E-state index is -0.715. The van der Waals surface area contributed by atoms with E-state index in [2.05, 4.69) is 25.9 Å². The second kappa shape index (κ2) is 5.20. The summed E-state index contributed by atoms with van der Waals surface area (Å²) in [6, 6.07) is 3.97. The molecule has 1 aromatic carbocycles. The zero-order valence-corrected chi connectivity index (χ0v) is 11.8. The maximum absolute atomic E-state index is 13.3. The topological polar surface area (TPSA) is 46.0 Å². The molecule has 6 heteroatoms. The minimum Gasteiger partial charge on any atom is -0.505 e. The fraction of sp³-hybridized carbons (Fsp3) is 0.167. The fourth-order valence-corrected chi connectivity index (χ4v) is 2.12. The summed E-state index contributed by atoms with van der Waals surface area (Å²) < 4.78 is 13.9. The summed E-state index contributed by atoms with van der Waals surface area (Å²) in [6.07, 6.45) is 0.677. The van der Waals surface area contributed by atoms with Crippen molar-refractivity contribution in [2.45, 2.75) is 13.3 Å². The maximum Gasteiger partial charge on any atom is 0.165 e. The highest BCUT2D eigenvalue weighted by Crippen LogP contribution is 2.28. The number of phenols is 1. The molecule has 0 aliphatic rings. The van der Waals surface area contributed by atoms with Gasteiger partial charge in [0.15, 0.2) is 17.4 Å². The van der Waals surface area contributed by atoms with E-state index < -0.39 is 11.6 Å². The van der Waals surface area contributed by atoms with E-state index in [4.69, 9.17) is 16.7 Å². The predicted molar refractivity (Wildman–Crippen MR) is 71.2 cm³/mol. The van der Waals surface area contributed by atoms with Crippen LogP contribution in [-0.2, 0) is 6.42 Å². The van der Waals surface area contributed by atoms with Crippen molar-refractivity contribution < 1.29 is 9.50 Å². The van der Waals surface area contributed by atoms with Gasteiger partial charge in [-0.15, -0.1) is 0 Å². The van der Waals surface area contributed by atoms with E-state index in [-0.39, 0.29) is 5.15 Å². The number of aromatic nitrogens is 2. The van der Waals surface area contributed by atoms with Crippen LogP contribution in [-0.4, -0.2) is 15.1 Å². The first-order valence-electron chi connectivity index (χ1n) is 5.23. The van der Waals surface area contributed by atoms with Crippen LogP contribution in [0.25, 0.3) is 11.4 Å². The van der Waals surface area contributed by atoms with Crippen molar-refractivity contribution in [2.24, 2.45) is 0 Å². The number of hydrogen-bond acceptors (Lipinski definition) is 3. The molecule has 0 amide bonds. The first-order valence-corrected chi connectivity index (χ1v) is 6.40. The Hall–Kier alpha value is -1.20. The molecule has 18 heavy (non-hydrogen) atoms. The molecular weight excluding hydrogens is 322 g/mol. The average molecular weight is 332 g/mol. The van der Waals surface area contributed by atoms with E-state index in [0.29, 0.717) is 22.3 Å². The third-order valence-corrected chi connectivity index (χ3v) is 3.76. The number of hydrogen-bond donors (Lipinski definition) is 1. The lowest BCUT2D eigenvalue weighted by Gasteiger charge is -2.07. The summed E-state index contributed by atoms with van der Waals surface area (Å²) in [7, 11) is 0. The molecule has 1 N–H and O–H groups in total. The van der Waals surface area contributed by atoms with Gasteiger partial charge in [0.1, 0.15) is 5.15 Å². The van der Waals surface area contributed by atoms with E-state index in [1.54, 1.807) is 0 Å². The zero-order valence-electron chi connectivity index (χ0n) is 9.41. The Morgan fingerprint density at radius 2 is 2.11 bits per heavy atom. The molecule has 2 aromatic rings. The number of phenolic OH excluding ortho intramolecular Hbond substituents is 1. The molecule has 0 radical (unpaired) electrons. The number of halogens is 3. The minimum absolute atomic E-state index is 0.283. The monoisotopic (exact) mass is 330 g/mol. The van der Waals surface area contributed by atoms with Gasteiger partial charge in [-0.05, 0) is 40.5 Å². The number of nitrogens with zero attached hydrogens (tertiary/aromatic N) is 2. The van der Waals surface area contributed by atoms with Gasteiger partial charge in [-0.3, -0.25) is 0 Å². The van der Waals surface area contributed by atoms with Crippen LogP contribution in [0.15, 0.2) is 22.7 Å². The first kappa shape index (κ1) is 13.2. The second-order valence-electron chi connectivity index (χ2n) is 3.62. The maximum atomic E-state index is 13.3. The molecule has 2 rings (SSSR count). The van der Waals surface area contributed by atoms with E-state index in [9.17, 15) is 4.39 Å². The van der Waals surface area contributed by atoms with Gasteiger partial charge >= 0.3 is 0 Å². The Morgan fingerprint density at radius 3 is 2.72 bits per heavy atom. The quantitative estimate of drug-likeness (QED) is 0.847. The standard InChI is InChI=1S/C12H9BrClFN2O/c1-2-8-10(13)11(14)17-12(16-8)6-3-4-9(18)7(15)5-6/h3-5,18H,2H2,1H3. The Kier molecular flexibility index (Phi) is 3.82. The molecule has 0 unspecified atom stereocenters. The highest BCUT2D eigenvalue weighted by atomic mass is 79.9. The number of benzene rings is 1. The fourth-order valence-electron chi connectivity index (χ4n) is 1.47. The summed E-state index contributed by atoms with van der Waals surface area (Å²) in [5.74, 6) is -0.787. The van der Waals surface area contributed by atoms with Gasteiger partial charge in [-0.25, -0.2) is 14.4 Å². The number of aromatic hydroxyl groups is 1. The van der Waals surface area contributed by atoms with Gasteiger partial charge < -0.3 is 5.11 Å². The summed E-state index contributed by atoms with van der Waals surface area (Å²) in [4.78, 5) is 8.38. The molecule has 0 fully saturated rings. The highest BCUT2D eigenvalue weighted by Gasteiger charge is 2.12. The van der Waals surface area contributed by atoms with Crippen molar-refractivity contribution in [3.05, 3.63) is 39.3 Å². The highest BCUT2D eigenvalue weighted by molar-refractivity contribution is 9.10. The zero-order chi connectivity index (χ0) is 13.3.